The van der Waals surface area contributed by atoms with Gasteiger partial charge in [-0.25, -0.2) is 0 Å². The van der Waals surface area contributed by atoms with Crippen molar-refractivity contribution in [2.24, 2.45) is 0 Å². The zero-order chi connectivity index (χ0) is 16.2. The highest BCUT2D eigenvalue weighted by Gasteiger charge is 2.22. The molecule has 2 heteroatoms. The first-order chi connectivity index (χ1) is 10.4. The van der Waals surface area contributed by atoms with Crippen LogP contribution in [0.3, 0.4) is 0 Å². The van der Waals surface area contributed by atoms with Gasteiger partial charge in [-0.1, -0.05) is 35.5 Å². The van der Waals surface area contributed by atoms with Gasteiger partial charge in [-0.3, -0.25) is 0 Å². The van der Waals surface area contributed by atoms with Crippen molar-refractivity contribution in [3.63, 3.8) is 0 Å². The average molecular weight is 302 g/mol. The summed E-state index contributed by atoms with van der Waals surface area (Å²) in [6, 6.07) is 0. The molecule has 2 atom stereocenters. The summed E-state index contributed by atoms with van der Waals surface area (Å²) in [4.78, 5) is 0. The van der Waals surface area contributed by atoms with Crippen LogP contribution in [0.2, 0.25) is 0 Å². The SMILES string of the molecule is CC1=CC2OCC(C)=C2CCC(C)=CCCC(C)(O)C=CC1. The van der Waals surface area contributed by atoms with E-state index in [9.17, 15) is 5.11 Å². The van der Waals surface area contributed by atoms with E-state index in [0.717, 1.165) is 38.7 Å². The Labute approximate surface area is 135 Å². The molecule has 0 aromatic carbocycles. The Morgan fingerprint density at radius 1 is 1.18 bits per heavy atom. The highest BCUT2D eigenvalue weighted by Crippen LogP contribution is 2.29. The lowest BCUT2D eigenvalue weighted by Gasteiger charge is -2.19. The van der Waals surface area contributed by atoms with Crippen molar-refractivity contribution in [3.8, 4) is 0 Å². The summed E-state index contributed by atoms with van der Waals surface area (Å²) in [6.45, 7) is 9.18. The van der Waals surface area contributed by atoms with Gasteiger partial charge in [0.15, 0.2) is 0 Å². The lowest BCUT2D eigenvalue weighted by molar-refractivity contribution is 0.103. The van der Waals surface area contributed by atoms with Crippen LogP contribution in [-0.4, -0.2) is 23.4 Å². The number of fused-ring (bicyclic) bond motifs is 1. The minimum atomic E-state index is -0.716. The largest absolute Gasteiger partial charge is 0.386 e. The van der Waals surface area contributed by atoms with Gasteiger partial charge in [-0.15, -0.1) is 0 Å². The summed E-state index contributed by atoms with van der Waals surface area (Å²) < 4.78 is 5.93. The Bertz CT molecular complexity index is 518. The Morgan fingerprint density at radius 2 is 1.95 bits per heavy atom. The molecule has 1 aliphatic heterocycles. The Balaban J connectivity index is 2.22. The summed E-state index contributed by atoms with van der Waals surface area (Å²) in [5, 5.41) is 10.4. The van der Waals surface area contributed by atoms with Crippen LogP contribution in [0.4, 0.5) is 0 Å². The average Bonchev–Trinajstić information content (AvgIpc) is 2.76. The zero-order valence-electron chi connectivity index (χ0n) is 14.5. The predicted octanol–water partition coefficient (Wildman–Crippen LogP) is 4.87. The summed E-state index contributed by atoms with van der Waals surface area (Å²) in [6.07, 6.45) is 13.4. The fourth-order valence-electron chi connectivity index (χ4n) is 3.11. The fraction of sp³-hybridized carbons (Fsp3) is 0.600. The zero-order valence-corrected chi connectivity index (χ0v) is 14.5. The van der Waals surface area contributed by atoms with Gasteiger partial charge in [0.25, 0.3) is 0 Å². The van der Waals surface area contributed by atoms with Crippen molar-refractivity contribution in [1.82, 2.24) is 0 Å². The van der Waals surface area contributed by atoms with Crippen LogP contribution in [-0.2, 0) is 4.74 Å². The van der Waals surface area contributed by atoms with Gasteiger partial charge < -0.3 is 9.84 Å². The van der Waals surface area contributed by atoms with Crippen molar-refractivity contribution in [3.05, 3.63) is 46.6 Å². The molecule has 0 amide bonds. The summed E-state index contributed by atoms with van der Waals surface area (Å²) in [5.41, 5.74) is 4.84. The highest BCUT2D eigenvalue weighted by molar-refractivity contribution is 5.29. The molecule has 0 spiro atoms. The maximum Gasteiger partial charge on any atom is 0.0977 e. The molecule has 0 saturated heterocycles. The van der Waals surface area contributed by atoms with E-state index in [0.29, 0.717) is 0 Å². The second-order valence-electron chi connectivity index (χ2n) is 7.10. The van der Waals surface area contributed by atoms with E-state index >= 15 is 0 Å². The molecule has 22 heavy (non-hydrogen) atoms. The third kappa shape index (κ3) is 4.96. The van der Waals surface area contributed by atoms with Gasteiger partial charge in [-0.2, -0.15) is 0 Å². The number of aliphatic hydroxyl groups is 1. The fourth-order valence-corrected chi connectivity index (χ4v) is 3.11. The Hall–Kier alpha value is -1.12. The minimum absolute atomic E-state index is 0.143. The number of hydrogen-bond acceptors (Lipinski definition) is 2. The third-order valence-electron chi connectivity index (χ3n) is 4.66. The summed E-state index contributed by atoms with van der Waals surface area (Å²) in [7, 11) is 0. The van der Waals surface area contributed by atoms with Crippen molar-refractivity contribution in [2.45, 2.75) is 71.5 Å². The third-order valence-corrected chi connectivity index (χ3v) is 4.66. The first-order valence-corrected chi connectivity index (χ1v) is 8.40. The first kappa shape index (κ1) is 17.2. The van der Waals surface area contributed by atoms with Gasteiger partial charge in [-0.05, 0) is 70.9 Å². The van der Waals surface area contributed by atoms with Crippen molar-refractivity contribution in [1.29, 1.82) is 0 Å². The standard InChI is InChI=1S/C20H30O2/c1-15-7-5-11-20(4,21)12-6-8-16(2)13-19-18(10-9-15)17(3)14-22-19/h6-7,12-13,19,21H,5,8-11,14H2,1-4H3. The summed E-state index contributed by atoms with van der Waals surface area (Å²) in [5.74, 6) is 0. The second kappa shape index (κ2) is 7.43. The van der Waals surface area contributed by atoms with Crippen LogP contribution in [0.5, 0.6) is 0 Å². The molecular weight excluding hydrogens is 272 g/mol. The molecular formula is C20H30O2. The number of hydrogen-bond donors (Lipinski definition) is 1. The number of rotatable bonds is 0. The number of ether oxygens (including phenoxy) is 1. The molecule has 0 bridgehead atoms. The van der Waals surface area contributed by atoms with E-state index in [1.54, 1.807) is 0 Å². The molecule has 2 rings (SSSR count). The van der Waals surface area contributed by atoms with Crippen molar-refractivity contribution >= 4 is 0 Å². The van der Waals surface area contributed by atoms with Gasteiger partial charge in [0.05, 0.1) is 18.3 Å². The van der Waals surface area contributed by atoms with Gasteiger partial charge in [0.2, 0.25) is 0 Å². The van der Waals surface area contributed by atoms with E-state index in [-0.39, 0.29) is 6.10 Å². The van der Waals surface area contributed by atoms with Crippen molar-refractivity contribution in [2.75, 3.05) is 6.61 Å². The molecule has 0 aromatic heterocycles. The minimum Gasteiger partial charge on any atom is -0.386 e. The smallest absolute Gasteiger partial charge is 0.0977 e. The van der Waals surface area contributed by atoms with Crippen LogP contribution >= 0.6 is 0 Å². The lowest BCUT2D eigenvalue weighted by atomic mass is 9.94. The molecule has 0 radical (unpaired) electrons. The molecule has 2 unspecified atom stereocenters. The predicted molar refractivity (Wildman–Crippen MR) is 92.8 cm³/mol. The maximum atomic E-state index is 10.4. The Kier molecular flexibility index (Phi) is 5.82. The molecule has 0 aromatic rings. The Morgan fingerprint density at radius 3 is 2.73 bits per heavy atom. The van der Waals surface area contributed by atoms with Crippen LogP contribution in [0, 0.1) is 0 Å². The monoisotopic (exact) mass is 302 g/mol. The molecule has 2 aliphatic rings. The summed E-state index contributed by atoms with van der Waals surface area (Å²) >= 11 is 0. The van der Waals surface area contributed by atoms with Crippen LogP contribution in [0.25, 0.3) is 0 Å². The second-order valence-corrected chi connectivity index (χ2v) is 7.10. The van der Waals surface area contributed by atoms with Crippen LogP contribution in [0.15, 0.2) is 46.6 Å². The molecule has 1 aliphatic carbocycles. The molecule has 1 heterocycles. The topological polar surface area (TPSA) is 29.5 Å². The molecule has 0 fully saturated rings. The normalized spacial score (nSPS) is 31.4. The molecule has 0 saturated carbocycles. The van der Waals surface area contributed by atoms with Gasteiger partial charge in [0.1, 0.15) is 0 Å². The van der Waals surface area contributed by atoms with E-state index < -0.39 is 5.60 Å². The van der Waals surface area contributed by atoms with Gasteiger partial charge in [0, 0.05) is 0 Å². The van der Waals surface area contributed by atoms with Crippen LogP contribution in [0.1, 0.15) is 59.8 Å². The van der Waals surface area contributed by atoms with E-state index in [1.807, 2.05) is 13.0 Å². The van der Waals surface area contributed by atoms with Crippen molar-refractivity contribution < 1.29 is 9.84 Å². The van der Waals surface area contributed by atoms with E-state index in [2.05, 4.69) is 39.0 Å². The quantitative estimate of drug-likeness (QED) is 0.647. The number of allylic oxidation sites excluding steroid dienone is 4. The van der Waals surface area contributed by atoms with Gasteiger partial charge >= 0.3 is 0 Å². The molecule has 2 nitrogen and oxygen atoms in total. The molecule has 1 N–H and O–H groups in total. The maximum absolute atomic E-state index is 10.4. The molecule has 122 valence electrons. The highest BCUT2D eigenvalue weighted by atomic mass is 16.5. The van der Waals surface area contributed by atoms with Crippen LogP contribution < -0.4 is 0 Å². The lowest BCUT2D eigenvalue weighted by Crippen LogP contribution is -2.20. The first-order valence-electron chi connectivity index (χ1n) is 8.40. The van der Waals surface area contributed by atoms with E-state index in [1.165, 1.54) is 22.3 Å². The van der Waals surface area contributed by atoms with E-state index in [4.69, 9.17) is 4.74 Å².